The van der Waals surface area contributed by atoms with Crippen molar-refractivity contribution in [2.24, 2.45) is 5.73 Å². The average Bonchev–Trinajstić information content (AvgIpc) is 2.50. The van der Waals surface area contributed by atoms with Gasteiger partial charge < -0.3 is 11.5 Å². The van der Waals surface area contributed by atoms with Crippen molar-refractivity contribution in [3.05, 3.63) is 65.2 Å². The predicted octanol–water partition coefficient (Wildman–Crippen LogP) is 2.73. The molecule has 21 heavy (non-hydrogen) atoms. The molecule has 0 aliphatic carbocycles. The number of fused-ring (bicyclic) bond motifs is 1. The van der Waals surface area contributed by atoms with Crippen molar-refractivity contribution in [1.82, 2.24) is 4.90 Å². The van der Waals surface area contributed by atoms with Crippen LogP contribution in [0.2, 0.25) is 0 Å². The van der Waals surface area contributed by atoms with Crippen LogP contribution in [0.15, 0.2) is 48.5 Å². The molecule has 3 atom stereocenters. The fourth-order valence-corrected chi connectivity index (χ4v) is 3.55. The first-order chi connectivity index (χ1) is 10.1. The van der Waals surface area contributed by atoms with Gasteiger partial charge >= 0.3 is 0 Å². The molecule has 110 valence electrons. The topological polar surface area (TPSA) is 55.3 Å². The third-order valence-electron chi connectivity index (χ3n) is 4.83. The number of hydrogen-bond donors (Lipinski definition) is 2. The Morgan fingerprint density at radius 2 is 1.62 bits per heavy atom. The maximum Gasteiger partial charge on any atom is 0.0473 e. The number of nitrogens with zero attached hydrogens (tertiary/aromatic N) is 1. The second-order valence-corrected chi connectivity index (χ2v) is 5.93. The van der Waals surface area contributed by atoms with E-state index in [9.17, 15) is 0 Å². The van der Waals surface area contributed by atoms with Crippen LogP contribution < -0.4 is 11.5 Å². The third kappa shape index (κ3) is 2.33. The van der Waals surface area contributed by atoms with Gasteiger partial charge in [-0.3, -0.25) is 4.90 Å². The number of anilines is 1. The minimum Gasteiger partial charge on any atom is -0.399 e. The Bertz CT molecular complexity index is 621. The number of hydrogen-bond acceptors (Lipinski definition) is 3. The van der Waals surface area contributed by atoms with Gasteiger partial charge in [0.1, 0.15) is 0 Å². The minimum absolute atomic E-state index is 0.293. The van der Waals surface area contributed by atoms with Crippen LogP contribution in [-0.2, 0) is 0 Å². The molecule has 0 aromatic heterocycles. The summed E-state index contributed by atoms with van der Waals surface area (Å²) in [5.74, 6) is 0.356. The molecule has 4 N–H and O–H groups in total. The van der Waals surface area contributed by atoms with Crippen molar-refractivity contribution in [3.63, 3.8) is 0 Å². The smallest absolute Gasteiger partial charge is 0.0473 e. The van der Waals surface area contributed by atoms with Crippen molar-refractivity contribution >= 4 is 5.69 Å². The maximum atomic E-state index is 6.02. The molecule has 0 radical (unpaired) electrons. The van der Waals surface area contributed by atoms with Gasteiger partial charge in [-0.05, 0) is 42.8 Å². The molecular weight excluding hydrogens is 258 g/mol. The van der Waals surface area contributed by atoms with Crippen LogP contribution in [-0.4, -0.2) is 24.5 Å². The van der Waals surface area contributed by atoms with Gasteiger partial charge in [0.05, 0.1) is 0 Å². The normalized spacial score (nSPS) is 25.6. The molecule has 0 spiro atoms. The monoisotopic (exact) mass is 281 g/mol. The first-order valence-corrected chi connectivity index (χ1v) is 7.49. The van der Waals surface area contributed by atoms with Crippen molar-refractivity contribution < 1.29 is 0 Å². The third-order valence-corrected chi connectivity index (χ3v) is 4.83. The molecule has 3 heteroatoms. The average molecular weight is 281 g/mol. The summed E-state index contributed by atoms with van der Waals surface area (Å²) in [5, 5.41) is 0. The van der Waals surface area contributed by atoms with Crippen LogP contribution in [0, 0.1) is 0 Å². The SMILES string of the molecule is CC1C(c2ccc(N)cc2)c2ccccc2C(CN)N1C. The van der Waals surface area contributed by atoms with E-state index >= 15 is 0 Å². The predicted molar refractivity (Wildman–Crippen MR) is 88.2 cm³/mol. The molecule has 0 saturated carbocycles. The highest BCUT2D eigenvalue weighted by molar-refractivity contribution is 5.47. The van der Waals surface area contributed by atoms with E-state index in [1.165, 1.54) is 16.7 Å². The lowest BCUT2D eigenvalue weighted by Crippen LogP contribution is -2.45. The number of rotatable bonds is 2. The van der Waals surface area contributed by atoms with E-state index in [1.807, 2.05) is 12.1 Å². The number of nitrogen functional groups attached to an aromatic ring is 1. The summed E-state index contributed by atoms with van der Waals surface area (Å²) in [6.45, 7) is 2.92. The summed E-state index contributed by atoms with van der Waals surface area (Å²) in [6, 6.07) is 17.6. The fourth-order valence-electron chi connectivity index (χ4n) is 3.55. The molecule has 0 fully saturated rings. The van der Waals surface area contributed by atoms with E-state index in [2.05, 4.69) is 55.3 Å². The molecule has 1 heterocycles. The maximum absolute atomic E-state index is 6.02. The Morgan fingerprint density at radius 3 is 2.24 bits per heavy atom. The molecule has 1 aliphatic rings. The van der Waals surface area contributed by atoms with Crippen LogP contribution in [0.3, 0.4) is 0 Å². The zero-order valence-electron chi connectivity index (χ0n) is 12.7. The van der Waals surface area contributed by atoms with E-state index in [0.717, 1.165) is 5.69 Å². The van der Waals surface area contributed by atoms with Gasteiger partial charge in [-0.2, -0.15) is 0 Å². The minimum atomic E-state index is 0.293. The van der Waals surface area contributed by atoms with Crippen molar-refractivity contribution in [1.29, 1.82) is 0 Å². The highest BCUT2D eigenvalue weighted by Crippen LogP contribution is 2.42. The van der Waals surface area contributed by atoms with Gasteiger partial charge in [0.2, 0.25) is 0 Å². The lowest BCUT2D eigenvalue weighted by molar-refractivity contribution is 0.156. The van der Waals surface area contributed by atoms with E-state index < -0.39 is 0 Å². The van der Waals surface area contributed by atoms with Gasteiger partial charge in [0.15, 0.2) is 0 Å². The molecule has 1 aliphatic heterocycles. The highest BCUT2D eigenvalue weighted by Gasteiger charge is 2.36. The fraction of sp³-hybridized carbons (Fsp3) is 0.333. The highest BCUT2D eigenvalue weighted by atomic mass is 15.2. The Labute approximate surface area is 126 Å². The van der Waals surface area contributed by atoms with Crippen LogP contribution >= 0.6 is 0 Å². The Morgan fingerprint density at radius 1 is 1.00 bits per heavy atom. The van der Waals surface area contributed by atoms with Gasteiger partial charge in [-0.1, -0.05) is 36.4 Å². The molecule has 0 saturated heterocycles. The zero-order chi connectivity index (χ0) is 15.0. The van der Waals surface area contributed by atoms with E-state index in [-0.39, 0.29) is 0 Å². The molecule has 3 nitrogen and oxygen atoms in total. The summed E-state index contributed by atoms with van der Waals surface area (Å²) in [6.07, 6.45) is 0. The molecule has 2 aromatic carbocycles. The van der Waals surface area contributed by atoms with Gasteiger partial charge in [-0.15, -0.1) is 0 Å². The molecule has 0 amide bonds. The summed E-state index contributed by atoms with van der Waals surface area (Å²) in [7, 11) is 2.17. The Balaban J connectivity index is 2.13. The lowest BCUT2D eigenvalue weighted by Gasteiger charge is -2.44. The summed E-state index contributed by atoms with van der Waals surface area (Å²) >= 11 is 0. The van der Waals surface area contributed by atoms with Gasteiger partial charge in [0.25, 0.3) is 0 Å². The molecule has 3 rings (SSSR count). The van der Waals surface area contributed by atoms with Crippen molar-refractivity contribution in [2.75, 3.05) is 19.3 Å². The quantitative estimate of drug-likeness (QED) is 0.832. The molecular formula is C18H23N3. The van der Waals surface area contributed by atoms with Crippen LogP contribution in [0.1, 0.15) is 35.6 Å². The largest absolute Gasteiger partial charge is 0.399 e. The van der Waals surface area contributed by atoms with Crippen molar-refractivity contribution in [3.8, 4) is 0 Å². The second-order valence-electron chi connectivity index (χ2n) is 5.93. The second kappa shape index (κ2) is 5.51. The standard InChI is InChI=1S/C18H23N3/c1-12-18(13-7-9-14(20)10-8-13)16-6-4-3-5-15(16)17(11-19)21(12)2/h3-10,12,17-18H,11,19-20H2,1-2H3. The van der Waals surface area contributed by atoms with E-state index in [4.69, 9.17) is 11.5 Å². The van der Waals surface area contributed by atoms with Gasteiger partial charge in [0, 0.05) is 30.2 Å². The number of nitrogens with two attached hydrogens (primary N) is 2. The number of likely N-dealkylation sites (N-methyl/N-ethyl adjacent to an activating group) is 1. The van der Waals surface area contributed by atoms with Crippen LogP contribution in [0.4, 0.5) is 5.69 Å². The molecule has 0 bridgehead atoms. The zero-order valence-corrected chi connectivity index (χ0v) is 12.7. The first-order valence-electron chi connectivity index (χ1n) is 7.49. The lowest BCUT2D eigenvalue weighted by atomic mass is 9.77. The summed E-state index contributed by atoms with van der Waals surface area (Å²) < 4.78 is 0. The van der Waals surface area contributed by atoms with Crippen molar-refractivity contribution in [2.45, 2.75) is 24.9 Å². The van der Waals surface area contributed by atoms with Crippen LogP contribution in [0.5, 0.6) is 0 Å². The Hall–Kier alpha value is -1.84. The van der Waals surface area contributed by atoms with Gasteiger partial charge in [-0.25, -0.2) is 0 Å². The van der Waals surface area contributed by atoms with Crippen LogP contribution in [0.25, 0.3) is 0 Å². The van der Waals surface area contributed by atoms with E-state index in [0.29, 0.717) is 24.5 Å². The molecule has 2 aromatic rings. The number of benzene rings is 2. The molecule has 3 unspecified atom stereocenters. The Kier molecular flexibility index (Phi) is 3.70. The van der Waals surface area contributed by atoms with E-state index in [1.54, 1.807) is 0 Å². The summed E-state index contributed by atoms with van der Waals surface area (Å²) in [5.41, 5.74) is 16.7. The first kappa shape index (κ1) is 14.1. The summed E-state index contributed by atoms with van der Waals surface area (Å²) in [4.78, 5) is 2.39.